The van der Waals surface area contributed by atoms with Crippen LogP contribution >= 0.6 is 11.6 Å². The Hall–Kier alpha value is -4.52. The SMILES string of the molecule is CC(C)(C)OC(=O)Nc1cc(C2CC2)cn2cc(Cn3cc(C(=O)NCc4ncn5ccc(Cl)c(F)c45)nn3)nc12. The predicted molar refractivity (Wildman–Crippen MR) is 147 cm³/mol. The van der Waals surface area contributed by atoms with Gasteiger partial charge >= 0.3 is 6.09 Å². The zero-order valence-electron chi connectivity index (χ0n) is 22.6. The van der Waals surface area contributed by atoms with E-state index >= 15 is 0 Å². The maximum absolute atomic E-state index is 14.5. The van der Waals surface area contributed by atoms with Crippen LogP contribution in [-0.2, 0) is 17.8 Å². The molecule has 1 aliphatic rings. The first-order chi connectivity index (χ1) is 19.5. The molecule has 1 aliphatic carbocycles. The van der Waals surface area contributed by atoms with E-state index in [1.807, 2.05) is 22.9 Å². The molecule has 5 aromatic heterocycles. The fourth-order valence-electron chi connectivity index (χ4n) is 4.51. The number of imidazole rings is 2. The molecule has 0 bridgehead atoms. The van der Waals surface area contributed by atoms with Gasteiger partial charge < -0.3 is 18.9 Å². The third kappa shape index (κ3) is 5.71. The number of nitrogens with one attached hydrogen (secondary N) is 2. The Balaban J connectivity index is 1.17. The van der Waals surface area contributed by atoms with Crippen molar-refractivity contribution in [3.63, 3.8) is 0 Å². The minimum atomic E-state index is -0.636. The molecule has 2 N–H and O–H groups in total. The van der Waals surface area contributed by atoms with E-state index in [1.165, 1.54) is 27.7 Å². The van der Waals surface area contributed by atoms with Crippen LogP contribution in [-0.4, -0.2) is 51.4 Å². The number of amides is 2. The summed E-state index contributed by atoms with van der Waals surface area (Å²) in [5.41, 5.74) is 2.85. The molecule has 6 rings (SSSR count). The number of rotatable bonds is 7. The first-order valence-corrected chi connectivity index (χ1v) is 13.4. The van der Waals surface area contributed by atoms with Crippen LogP contribution in [0.1, 0.15) is 67.0 Å². The molecular weight excluding hydrogens is 553 g/mol. The lowest BCUT2D eigenvalue weighted by atomic mass is 10.2. The zero-order chi connectivity index (χ0) is 28.9. The van der Waals surface area contributed by atoms with Gasteiger partial charge in [-0.05, 0) is 57.2 Å². The fraction of sp³-hybridized carbons (Fsp3) is 0.333. The highest BCUT2D eigenvalue weighted by atomic mass is 35.5. The quantitative estimate of drug-likeness (QED) is 0.288. The number of hydrogen-bond acceptors (Lipinski definition) is 7. The topological polar surface area (TPSA) is 133 Å². The molecule has 212 valence electrons. The standard InChI is InChI=1S/C27H27ClFN9O3/c1-27(2,3)41-26(40)33-19-8-16(15-4-5-15)10-37-11-17(32-24(19)37)12-38-13-21(34-35-38)25(39)30-9-20-23-22(29)18(28)6-7-36(23)14-31-20/h6-8,10-11,13-15H,4-5,9,12H2,1-3H3,(H,30,39)(H,33,40). The number of carbonyl (C=O) groups is 2. The van der Waals surface area contributed by atoms with Crippen molar-refractivity contribution in [2.75, 3.05) is 5.32 Å². The Morgan fingerprint density at radius 3 is 2.76 bits per heavy atom. The molecule has 0 spiro atoms. The fourth-order valence-corrected chi connectivity index (χ4v) is 4.65. The number of ether oxygens (including phenoxy) is 1. The summed E-state index contributed by atoms with van der Waals surface area (Å²) in [6, 6.07) is 3.37. The number of pyridine rings is 2. The summed E-state index contributed by atoms with van der Waals surface area (Å²) in [7, 11) is 0. The summed E-state index contributed by atoms with van der Waals surface area (Å²) in [6.45, 7) is 5.63. The lowest BCUT2D eigenvalue weighted by Gasteiger charge is -2.20. The lowest BCUT2D eigenvalue weighted by molar-refractivity contribution is 0.0635. The number of fused-ring (bicyclic) bond motifs is 2. The second-order valence-corrected chi connectivity index (χ2v) is 11.4. The van der Waals surface area contributed by atoms with E-state index < -0.39 is 23.4 Å². The number of carbonyl (C=O) groups excluding carboxylic acids is 2. The van der Waals surface area contributed by atoms with Gasteiger partial charge in [0.05, 0.1) is 47.7 Å². The zero-order valence-corrected chi connectivity index (χ0v) is 23.3. The van der Waals surface area contributed by atoms with Crippen LogP contribution in [0, 0.1) is 5.82 Å². The van der Waals surface area contributed by atoms with Crippen LogP contribution < -0.4 is 10.6 Å². The molecule has 0 unspecified atom stereocenters. The van der Waals surface area contributed by atoms with E-state index in [-0.39, 0.29) is 29.3 Å². The number of hydrogen-bond donors (Lipinski definition) is 2. The molecule has 14 heteroatoms. The summed E-state index contributed by atoms with van der Waals surface area (Å²) in [6.07, 6.45) is 10.0. The van der Waals surface area contributed by atoms with Gasteiger partial charge in [0, 0.05) is 18.6 Å². The van der Waals surface area contributed by atoms with Crippen LogP contribution in [0.2, 0.25) is 5.02 Å². The van der Waals surface area contributed by atoms with E-state index in [2.05, 4.69) is 25.9 Å². The van der Waals surface area contributed by atoms with Gasteiger partial charge in [-0.2, -0.15) is 0 Å². The predicted octanol–water partition coefficient (Wildman–Crippen LogP) is 4.57. The highest BCUT2D eigenvalue weighted by molar-refractivity contribution is 6.31. The van der Waals surface area contributed by atoms with E-state index in [1.54, 1.807) is 27.0 Å². The number of anilines is 1. The van der Waals surface area contributed by atoms with E-state index in [9.17, 15) is 14.0 Å². The van der Waals surface area contributed by atoms with Crippen LogP contribution in [0.25, 0.3) is 11.2 Å². The molecule has 0 saturated heterocycles. The van der Waals surface area contributed by atoms with Crippen molar-refractivity contribution in [3.8, 4) is 0 Å². The number of nitrogens with zero attached hydrogens (tertiary/aromatic N) is 7. The average Bonchev–Trinajstić information content (AvgIpc) is 3.30. The van der Waals surface area contributed by atoms with Crippen molar-refractivity contribution >= 4 is 40.5 Å². The molecule has 5 aromatic rings. The molecular formula is C27H27ClFN9O3. The van der Waals surface area contributed by atoms with Crippen molar-refractivity contribution in [1.29, 1.82) is 0 Å². The van der Waals surface area contributed by atoms with E-state index in [0.717, 1.165) is 18.4 Å². The van der Waals surface area contributed by atoms with Crippen LogP contribution in [0.15, 0.2) is 43.2 Å². The second-order valence-electron chi connectivity index (χ2n) is 11.0. The first-order valence-electron chi connectivity index (χ1n) is 13.0. The summed E-state index contributed by atoms with van der Waals surface area (Å²) in [5, 5.41) is 13.5. The lowest BCUT2D eigenvalue weighted by Crippen LogP contribution is -2.27. The smallest absolute Gasteiger partial charge is 0.412 e. The normalized spacial score (nSPS) is 13.6. The molecule has 1 fully saturated rings. The maximum atomic E-state index is 14.5. The Bertz CT molecular complexity index is 1800. The molecule has 1 saturated carbocycles. The van der Waals surface area contributed by atoms with Gasteiger partial charge in [-0.1, -0.05) is 16.8 Å². The average molecular weight is 580 g/mol. The van der Waals surface area contributed by atoms with Crippen molar-refractivity contribution in [2.24, 2.45) is 0 Å². The molecule has 0 atom stereocenters. The molecule has 5 heterocycles. The minimum absolute atomic E-state index is 0.0252. The van der Waals surface area contributed by atoms with Gasteiger partial charge in [0.1, 0.15) is 11.1 Å². The highest BCUT2D eigenvalue weighted by Gasteiger charge is 2.26. The van der Waals surface area contributed by atoms with Crippen LogP contribution in [0.5, 0.6) is 0 Å². The highest BCUT2D eigenvalue weighted by Crippen LogP contribution is 2.41. The van der Waals surface area contributed by atoms with Crippen LogP contribution in [0.3, 0.4) is 0 Å². The Morgan fingerprint density at radius 2 is 2.00 bits per heavy atom. The minimum Gasteiger partial charge on any atom is -0.444 e. The first kappa shape index (κ1) is 26.7. The summed E-state index contributed by atoms with van der Waals surface area (Å²) in [4.78, 5) is 34.1. The Morgan fingerprint density at radius 1 is 1.20 bits per heavy atom. The Kier molecular flexibility index (Phi) is 6.60. The van der Waals surface area contributed by atoms with Gasteiger partial charge in [0.2, 0.25) is 0 Å². The summed E-state index contributed by atoms with van der Waals surface area (Å²) in [5.74, 6) is -0.648. The molecule has 0 aliphatic heterocycles. The largest absolute Gasteiger partial charge is 0.444 e. The second kappa shape index (κ2) is 10.1. The van der Waals surface area contributed by atoms with E-state index in [4.69, 9.17) is 21.3 Å². The molecule has 41 heavy (non-hydrogen) atoms. The summed E-state index contributed by atoms with van der Waals surface area (Å²) < 4.78 is 24.8. The maximum Gasteiger partial charge on any atom is 0.412 e. The van der Waals surface area contributed by atoms with Crippen molar-refractivity contribution < 1.29 is 18.7 Å². The molecule has 12 nitrogen and oxygen atoms in total. The van der Waals surface area contributed by atoms with Gasteiger partial charge in [-0.15, -0.1) is 5.10 Å². The Labute approximate surface area is 238 Å². The molecule has 0 aromatic carbocycles. The van der Waals surface area contributed by atoms with E-state index in [0.29, 0.717) is 28.6 Å². The number of halogens is 2. The van der Waals surface area contributed by atoms with Gasteiger partial charge in [-0.25, -0.2) is 23.8 Å². The summed E-state index contributed by atoms with van der Waals surface area (Å²) >= 11 is 5.89. The van der Waals surface area contributed by atoms with Gasteiger partial charge in [0.25, 0.3) is 5.91 Å². The van der Waals surface area contributed by atoms with Crippen molar-refractivity contribution in [3.05, 3.63) is 76.7 Å². The van der Waals surface area contributed by atoms with Crippen molar-refractivity contribution in [1.82, 2.24) is 39.1 Å². The van der Waals surface area contributed by atoms with Crippen LogP contribution in [0.4, 0.5) is 14.9 Å². The van der Waals surface area contributed by atoms with Gasteiger partial charge in [0.15, 0.2) is 17.2 Å². The van der Waals surface area contributed by atoms with Gasteiger partial charge in [-0.3, -0.25) is 10.1 Å². The monoisotopic (exact) mass is 579 g/mol. The molecule has 0 radical (unpaired) electrons. The third-order valence-corrected chi connectivity index (χ3v) is 6.78. The van der Waals surface area contributed by atoms with Crippen molar-refractivity contribution in [2.45, 2.75) is 58.2 Å². The molecule has 2 amide bonds. The third-order valence-electron chi connectivity index (χ3n) is 6.49. The number of aromatic nitrogens is 7.